The average molecular weight is 380 g/mol. The summed E-state index contributed by atoms with van der Waals surface area (Å²) >= 11 is 5.63. The van der Waals surface area contributed by atoms with Gasteiger partial charge in [-0.15, -0.1) is 0 Å². The van der Waals surface area contributed by atoms with Crippen molar-refractivity contribution in [3.05, 3.63) is 52.8 Å². The zero-order valence-electron chi connectivity index (χ0n) is 13.6. The van der Waals surface area contributed by atoms with Gasteiger partial charge in [0.1, 0.15) is 5.82 Å². The summed E-state index contributed by atoms with van der Waals surface area (Å²) < 4.78 is 28.5. The number of aryl methyl sites for hydroxylation is 1. The Bertz CT molecular complexity index is 842. The van der Waals surface area contributed by atoms with Crippen molar-refractivity contribution in [2.24, 2.45) is 0 Å². The highest BCUT2D eigenvalue weighted by atomic mass is 35.5. The van der Waals surface area contributed by atoms with Crippen LogP contribution in [0.2, 0.25) is 5.02 Å². The Labute approximate surface area is 153 Å². The zero-order chi connectivity index (χ0) is 18.5. The van der Waals surface area contributed by atoms with Gasteiger partial charge < -0.3 is 19.5 Å². The summed E-state index contributed by atoms with van der Waals surface area (Å²) in [6.45, 7) is -0.246. The molecule has 26 heavy (non-hydrogen) atoms. The second-order valence-electron chi connectivity index (χ2n) is 5.53. The molecule has 6 nitrogen and oxygen atoms in total. The molecular formula is C18H15ClFNO5. The third-order valence-electron chi connectivity index (χ3n) is 3.62. The zero-order valence-corrected chi connectivity index (χ0v) is 14.3. The predicted octanol–water partition coefficient (Wildman–Crippen LogP) is 3.32. The molecule has 0 saturated heterocycles. The largest absolute Gasteiger partial charge is 0.456 e. The standard InChI is InChI=1S/C18H15ClFNO5/c19-13-8-12(3-4-14(13)20)21-17(22)9-24-18(23)6-2-11-1-5-15-16(7-11)26-10-25-15/h1,3-5,7-8H,2,6,9-10H2,(H,21,22). The predicted molar refractivity (Wildman–Crippen MR) is 91.9 cm³/mol. The topological polar surface area (TPSA) is 73.9 Å². The molecule has 0 radical (unpaired) electrons. The van der Waals surface area contributed by atoms with Crippen LogP contribution in [-0.4, -0.2) is 25.3 Å². The number of hydrogen-bond donors (Lipinski definition) is 1. The fraction of sp³-hybridized carbons (Fsp3) is 0.222. The molecule has 136 valence electrons. The van der Waals surface area contributed by atoms with E-state index in [1.54, 1.807) is 12.1 Å². The maximum atomic E-state index is 13.1. The third kappa shape index (κ3) is 4.64. The number of ether oxygens (including phenoxy) is 3. The minimum atomic E-state index is -0.584. The Hall–Kier alpha value is -2.80. The first-order valence-corrected chi connectivity index (χ1v) is 8.18. The second kappa shape index (κ2) is 8.05. The third-order valence-corrected chi connectivity index (χ3v) is 3.91. The molecule has 1 N–H and O–H groups in total. The molecule has 1 aliphatic rings. The van der Waals surface area contributed by atoms with Crippen LogP contribution in [0.1, 0.15) is 12.0 Å². The molecular weight excluding hydrogens is 365 g/mol. The Morgan fingerprint density at radius 1 is 1.15 bits per heavy atom. The van der Waals surface area contributed by atoms with Crippen LogP contribution in [0.25, 0.3) is 0 Å². The number of fused-ring (bicyclic) bond motifs is 1. The molecule has 8 heteroatoms. The minimum absolute atomic E-state index is 0.108. The van der Waals surface area contributed by atoms with E-state index in [1.165, 1.54) is 12.1 Å². The van der Waals surface area contributed by atoms with Crippen molar-refractivity contribution in [2.45, 2.75) is 12.8 Å². The van der Waals surface area contributed by atoms with Gasteiger partial charge in [0.2, 0.25) is 6.79 Å². The fourth-order valence-corrected chi connectivity index (χ4v) is 2.51. The van der Waals surface area contributed by atoms with Gasteiger partial charge in [0.05, 0.1) is 5.02 Å². The van der Waals surface area contributed by atoms with E-state index >= 15 is 0 Å². The number of nitrogens with one attached hydrogen (secondary N) is 1. The van der Waals surface area contributed by atoms with Crippen molar-refractivity contribution in [2.75, 3.05) is 18.7 Å². The van der Waals surface area contributed by atoms with E-state index in [2.05, 4.69) is 5.32 Å². The highest BCUT2D eigenvalue weighted by Gasteiger charge is 2.14. The van der Waals surface area contributed by atoms with Crippen LogP contribution >= 0.6 is 11.6 Å². The second-order valence-corrected chi connectivity index (χ2v) is 5.93. The van der Waals surface area contributed by atoms with Crippen molar-refractivity contribution < 1.29 is 28.2 Å². The quantitative estimate of drug-likeness (QED) is 0.779. The van der Waals surface area contributed by atoms with Crippen molar-refractivity contribution in [3.8, 4) is 11.5 Å². The highest BCUT2D eigenvalue weighted by Crippen LogP contribution is 2.32. The molecule has 1 heterocycles. The molecule has 0 saturated carbocycles. The Morgan fingerprint density at radius 3 is 2.77 bits per heavy atom. The maximum Gasteiger partial charge on any atom is 0.306 e. The molecule has 0 atom stereocenters. The molecule has 1 aliphatic heterocycles. The summed E-state index contributed by atoms with van der Waals surface area (Å²) in [6, 6.07) is 9.20. The Morgan fingerprint density at radius 2 is 1.96 bits per heavy atom. The van der Waals surface area contributed by atoms with Crippen LogP contribution in [0, 0.1) is 5.82 Å². The molecule has 2 aromatic carbocycles. The number of benzene rings is 2. The Kier molecular flexibility index (Phi) is 5.58. The number of halogens is 2. The van der Waals surface area contributed by atoms with Gasteiger partial charge in [0, 0.05) is 12.1 Å². The lowest BCUT2D eigenvalue weighted by molar-refractivity contribution is -0.147. The summed E-state index contributed by atoms with van der Waals surface area (Å²) in [5.74, 6) is -0.305. The van der Waals surface area contributed by atoms with Gasteiger partial charge >= 0.3 is 5.97 Å². The summed E-state index contributed by atoms with van der Waals surface area (Å²) in [7, 11) is 0. The summed E-state index contributed by atoms with van der Waals surface area (Å²) in [6.07, 6.45) is 0.569. The van der Waals surface area contributed by atoms with E-state index in [9.17, 15) is 14.0 Å². The number of carbonyl (C=O) groups is 2. The van der Waals surface area contributed by atoms with Crippen molar-refractivity contribution >= 4 is 29.2 Å². The van der Waals surface area contributed by atoms with Crippen LogP contribution in [-0.2, 0) is 20.7 Å². The van der Waals surface area contributed by atoms with Gasteiger partial charge in [-0.05, 0) is 42.3 Å². The van der Waals surface area contributed by atoms with Crippen LogP contribution < -0.4 is 14.8 Å². The van der Waals surface area contributed by atoms with Crippen LogP contribution in [0.5, 0.6) is 11.5 Å². The Balaban J connectivity index is 1.42. The van der Waals surface area contributed by atoms with E-state index in [1.807, 2.05) is 6.07 Å². The van der Waals surface area contributed by atoms with Gasteiger partial charge in [-0.1, -0.05) is 17.7 Å². The first-order valence-electron chi connectivity index (χ1n) is 7.80. The van der Waals surface area contributed by atoms with E-state index in [-0.39, 0.29) is 18.2 Å². The number of esters is 1. The first kappa shape index (κ1) is 18.0. The first-order chi connectivity index (χ1) is 12.5. The SMILES string of the molecule is O=C(COC(=O)CCc1ccc2c(c1)OCO2)Nc1ccc(F)c(Cl)c1. The van der Waals surface area contributed by atoms with E-state index in [0.29, 0.717) is 23.6 Å². The fourth-order valence-electron chi connectivity index (χ4n) is 2.33. The van der Waals surface area contributed by atoms with Crippen LogP contribution in [0.15, 0.2) is 36.4 Å². The number of rotatable bonds is 6. The lowest BCUT2D eigenvalue weighted by Gasteiger charge is -2.07. The number of carbonyl (C=O) groups excluding carboxylic acids is 2. The molecule has 2 aromatic rings. The minimum Gasteiger partial charge on any atom is -0.456 e. The van der Waals surface area contributed by atoms with E-state index in [0.717, 1.165) is 11.6 Å². The highest BCUT2D eigenvalue weighted by molar-refractivity contribution is 6.31. The monoisotopic (exact) mass is 379 g/mol. The summed E-state index contributed by atoms with van der Waals surface area (Å²) in [4.78, 5) is 23.5. The molecule has 0 bridgehead atoms. The summed E-state index contributed by atoms with van der Waals surface area (Å²) in [5.41, 5.74) is 1.22. The number of anilines is 1. The molecule has 3 rings (SSSR count). The van der Waals surface area contributed by atoms with Gasteiger partial charge in [-0.25, -0.2) is 4.39 Å². The molecule has 0 unspecified atom stereocenters. The number of hydrogen-bond acceptors (Lipinski definition) is 5. The van der Waals surface area contributed by atoms with E-state index in [4.69, 9.17) is 25.8 Å². The molecule has 1 amide bonds. The molecule has 0 spiro atoms. The van der Waals surface area contributed by atoms with Gasteiger partial charge in [-0.2, -0.15) is 0 Å². The van der Waals surface area contributed by atoms with Gasteiger partial charge in [-0.3, -0.25) is 9.59 Å². The lowest BCUT2D eigenvalue weighted by Crippen LogP contribution is -2.21. The molecule has 0 aromatic heterocycles. The van der Waals surface area contributed by atoms with Crippen LogP contribution in [0.3, 0.4) is 0 Å². The van der Waals surface area contributed by atoms with E-state index < -0.39 is 24.3 Å². The number of amides is 1. The van der Waals surface area contributed by atoms with Crippen LogP contribution in [0.4, 0.5) is 10.1 Å². The van der Waals surface area contributed by atoms with Gasteiger partial charge in [0.25, 0.3) is 5.91 Å². The maximum absolute atomic E-state index is 13.1. The van der Waals surface area contributed by atoms with Gasteiger partial charge in [0.15, 0.2) is 18.1 Å². The van der Waals surface area contributed by atoms with Crippen molar-refractivity contribution in [1.29, 1.82) is 0 Å². The normalized spacial score (nSPS) is 11.9. The van der Waals surface area contributed by atoms with Crippen molar-refractivity contribution in [3.63, 3.8) is 0 Å². The molecule has 0 fully saturated rings. The van der Waals surface area contributed by atoms with Crippen molar-refractivity contribution in [1.82, 2.24) is 0 Å². The lowest BCUT2D eigenvalue weighted by atomic mass is 10.1. The molecule has 0 aliphatic carbocycles. The smallest absolute Gasteiger partial charge is 0.306 e. The average Bonchev–Trinajstić information content (AvgIpc) is 3.09. The summed E-state index contributed by atoms with van der Waals surface area (Å²) in [5, 5.41) is 2.36.